The molecule has 1 aromatic heterocycles. The van der Waals surface area contributed by atoms with Crippen LogP contribution in [-0.2, 0) is 7.05 Å². The normalized spacial score (nSPS) is 10.3. The fourth-order valence-corrected chi connectivity index (χ4v) is 1.77. The maximum Gasteiger partial charge on any atom is 0.272 e. The van der Waals surface area contributed by atoms with Crippen molar-refractivity contribution in [2.45, 2.75) is 0 Å². The van der Waals surface area contributed by atoms with E-state index in [1.54, 1.807) is 23.9 Å². The Morgan fingerprint density at radius 3 is 2.74 bits per heavy atom. The summed E-state index contributed by atoms with van der Waals surface area (Å²) in [6.45, 7) is 0. The van der Waals surface area contributed by atoms with E-state index in [-0.39, 0.29) is 11.7 Å². The van der Waals surface area contributed by atoms with Crippen molar-refractivity contribution in [1.29, 1.82) is 0 Å². The highest BCUT2D eigenvalue weighted by molar-refractivity contribution is 6.04. The second-order valence-electron chi connectivity index (χ2n) is 4.07. The Hall–Kier alpha value is -2.50. The quantitative estimate of drug-likeness (QED) is 0.890. The zero-order valence-electron chi connectivity index (χ0n) is 10.6. The van der Waals surface area contributed by atoms with Gasteiger partial charge in [-0.15, -0.1) is 0 Å². The number of amides is 1. The van der Waals surface area contributed by atoms with Gasteiger partial charge in [0.15, 0.2) is 0 Å². The number of anilines is 2. The van der Waals surface area contributed by atoms with Crippen LogP contribution in [0, 0.1) is 5.82 Å². The van der Waals surface area contributed by atoms with Crippen molar-refractivity contribution in [2.24, 2.45) is 7.05 Å². The number of hydrogen-bond acceptors (Lipinski definition) is 3. The first kappa shape index (κ1) is 12.9. The number of carbonyl (C=O) groups is 1. The molecule has 3 N–H and O–H groups in total. The number of nitrogens with two attached hydrogens (primary N) is 1. The highest BCUT2D eigenvalue weighted by Gasteiger charge is 2.13. The molecule has 1 heterocycles. The van der Waals surface area contributed by atoms with Crippen molar-refractivity contribution in [3.8, 4) is 5.75 Å². The lowest BCUT2D eigenvalue weighted by Gasteiger charge is -2.10. The Kier molecular flexibility index (Phi) is 3.41. The van der Waals surface area contributed by atoms with Crippen LogP contribution in [-0.4, -0.2) is 17.6 Å². The van der Waals surface area contributed by atoms with E-state index in [0.717, 1.165) is 0 Å². The van der Waals surface area contributed by atoms with Gasteiger partial charge in [0.2, 0.25) is 0 Å². The maximum absolute atomic E-state index is 13.0. The molecule has 5 nitrogen and oxygen atoms in total. The summed E-state index contributed by atoms with van der Waals surface area (Å²) in [5.41, 5.74) is 6.91. The molecule has 0 aliphatic heterocycles. The molecule has 100 valence electrons. The fraction of sp³-hybridized carbons (Fsp3) is 0.154. The Labute approximate surface area is 109 Å². The van der Waals surface area contributed by atoms with Crippen LogP contribution >= 0.6 is 0 Å². The van der Waals surface area contributed by atoms with E-state index < -0.39 is 5.82 Å². The first-order valence-corrected chi connectivity index (χ1v) is 5.58. The molecular formula is C13H14FN3O2. The number of aryl methyl sites for hydroxylation is 1. The van der Waals surface area contributed by atoms with Crippen LogP contribution in [0.1, 0.15) is 10.5 Å². The monoisotopic (exact) mass is 263 g/mol. The molecule has 2 aromatic rings. The van der Waals surface area contributed by atoms with E-state index in [2.05, 4.69) is 5.32 Å². The lowest BCUT2D eigenvalue weighted by Crippen LogP contribution is -2.15. The van der Waals surface area contributed by atoms with Crippen LogP contribution in [0.15, 0.2) is 30.5 Å². The number of nitrogens with one attached hydrogen (secondary N) is 1. The molecule has 1 amide bonds. The van der Waals surface area contributed by atoms with Crippen LogP contribution in [0.25, 0.3) is 0 Å². The van der Waals surface area contributed by atoms with Crippen molar-refractivity contribution in [3.63, 3.8) is 0 Å². The minimum absolute atomic E-state index is 0.260. The standard InChI is InChI=1S/C13H14FN3O2/c1-17-7-9(15)6-11(17)13(18)16-10-4-3-8(14)5-12(10)19-2/h3-7H,15H2,1-2H3,(H,16,18). The Morgan fingerprint density at radius 1 is 1.42 bits per heavy atom. The molecule has 0 radical (unpaired) electrons. The summed E-state index contributed by atoms with van der Waals surface area (Å²) in [6.07, 6.45) is 1.64. The number of hydrogen-bond donors (Lipinski definition) is 2. The predicted octanol–water partition coefficient (Wildman–Crippen LogP) is 2.01. The molecule has 0 fully saturated rings. The molecule has 0 aliphatic rings. The van der Waals surface area contributed by atoms with Gasteiger partial charge in [-0.2, -0.15) is 0 Å². The third-order valence-corrected chi connectivity index (χ3v) is 2.67. The van der Waals surface area contributed by atoms with E-state index in [1.165, 1.54) is 25.3 Å². The number of benzene rings is 1. The molecule has 1 aromatic carbocycles. The first-order chi connectivity index (χ1) is 9.01. The molecule has 2 rings (SSSR count). The highest BCUT2D eigenvalue weighted by Crippen LogP contribution is 2.25. The molecule has 0 aliphatic carbocycles. The maximum atomic E-state index is 13.0. The average Bonchev–Trinajstić information content (AvgIpc) is 2.70. The summed E-state index contributed by atoms with van der Waals surface area (Å²) >= 11 is 0. The predicted molar refractivity (Wildman–Crippen MR) is 70.7 cm³/mol. The highest BCUT2D eigenvalue weighted by atomic mass is 19.1. The smallest absolute Gasteiger partial charge is 0.272 e. The number of aromatic nitrogens is 1. The van der Waals surface area contributed by atoms with Crippen LogP contribution in [0.2, 0.25) is 0 Å². The van der Waals surface area contributed by atoms with Crippen molar-refractivity contribution >= 4 is 17.3 Å². The number of halogens is 1. The molecule has 0 atom stereocenters. The summed E-state index contributed by atoms with van der Waals surface area (Å²) in [4.78, 5) is 12.1. The first-order valence-electron chi connectivity index (χ1n) is 5.58. The molecule has 19 heavy (non-hydrogen) atoms. The van der Waals surface area contributed by atoms with Crippen LogP contribution in [0.5, 0.6) is 5.75 Å². The zero-order chi connectivity index (χ0) is 14.0. The summed E-state index contributed by atoms with van der Waals surface area (Å²) in [5.74, 6) is -0.516. The summed E-state index contributed by atoms with van der Waals surface area (Å²) < 4.78 is 19.7. The fourth-order valence-electron chi connectivity index (χ4n) is 1.77. The van der Waals surface area contributed by atoms with Gasteiger partial charge in [0, 0.05) is 19.3 Å². The molecule has 0 saturated carbocycles. The summed E-state index contributed by atoms with van der Waals surface area (Å²) in [5, 5.41) is 2.65. The van der Waals surface area contributed by atoms with Crippen molar-refractivity contribution in [1.82, 2.24) is 4.57 Å². The van der Waals surface area contributed by atoms with Gasteiger partial charge in [0.05, 0.1) is 18.5 Å². The third kappa shape index (κ3) is 2.67. The Morgan fingerprint density at radius 2 is 2.16 bits per heavy atom. The van der Waals surface area contributed by atoms with Crippen molar-refractivity contribution in [3.05, 3.63) is 42.0 Å². The Balaban J connectivity index is 2.26. The number of ether oxygens (including phenoxy) is 1. The van der Waals surface area contributed by atoms with E-state index in [4.69, 9.17) is 10.5 Å². The lowest BCUT2D eigenvalue weighted by atomic mass is 10.2. The van der Waals surface area contributed by atoms with E-state index >= 15 is 0 Å². The molecule has 0 bridgehead atoms. The van der Waals surface area contributed by atoms with E-state index in [1.807, 2.05) is 0 Å². The molecule has 0 unspecified atom stereocenters. The summed E-state index contributed by atoms with van der Waals surface area (Å²) in [6, 6.07) is 5.45. The van der Waals surface area contributed by atoms with E-state index in [0.29, 0.717) is 17.1 Å². The topological polar surface area (TPSA) is 69.3 Å². The van der Waals surface area contributed by atoms with Gasteiger partial charge in [-0.1, -0.05) is 0 Å². The van der Waals surface area contributed by atoms with Gasteiger partial charge in [-0.05, 0) is 18.2 Å². The molecule has 0 spiro atoms. The number of nitrogen functional groups attached to an aromatic ring is 1. The number of methoxy groups -OCH3 is 1. The minimum atomic E-state index is -0.432. The van der Waals surface area contributed by atoms with Crippen LogP contribution in [0.4, 0.5) is 15.8 Å². The molecular weight excluding hydrogens is 249 g/mol. The van der Waals surface area contributed by atoms with Gasteiger partial charge in [0.25, 0.3) is 5.91 Å². The van der Waals surface area contributed by atoms with Gasteiger partial charge in [-0.3, -0.25) is 4.79 Å². The van der Waals surface area contributed by atoms with Gasteiger partial charge in [0.1, 0.15) is 17.3 Å². The second-order valence-corrected chi connectivity index (χ2v) is 4.07. The summed E-state index contributed by atoms with van der Waals surface area (Å²) in [7, 11) is 3.12. The average molecular weight is 263 g/mol. The largest absolute Gasteiger partial charge is 0.494 e. The van der Waals surface area contributed by atoms with Crippen molar-refractivity contribution in [2.75, 3.05) is 18.2 Å². The van der Waals surface area contributed by atoms with E-state index in [9.17, 15) is 9.18 Å². The van der Waals surface area contributed by atoms with Crippen LogP contribution in [0.3, 0.4) is 0 Å². The van der Waals surface area contributed by atoms with Crippen molar-refractivity contribution < 1.29 is 13.9 Å². The Bertz CT molecular complexity index is 622. The second kappa shape index (κ2) is 5.01. The number of carbonyl (C=O) groups excluding carboxylic acids is 1. The van der Waals surface area contributed by atoms with Gasteiger partial charge < -0.3 is 20.4 Å². The SMILES string of the molecule is COc1cc(F)ccc1NC(=O)c1cc(N)cn1C. The lowest BCUT2D eigenvalue weighted by molar-refractivity contribution is 0.101. The number of rotatable bonds is 3. The zero-order valence-corrected chi connectivity index (χ0v) is 10.6. The molecule has 0 saturated heterocycles. The van der Waals surface area contributed by atoms with Gasteiger partial charge in [-0.25, -0.2) is 4.39 Å². The van der Waals surface area contributed by atoms with Crippen LogP contribution < -0.4 is 15.8 Å². The molecule has 6 heteroatoms. The number of nitrogens with zero attached hydrogens (tertiary/aromatic N) is 1. The van der Waals surface area contributed by atoms with Gasteiger partial charge >= 0.3 is 0 Å². The third-order valence-electron chi connectivity index (χ3n) is 2.67. The minimum Gasteiger partial charge on any atom is -0.494 e.